The molecular formula is C24H20N2O5S. The van der Waals surface area contributed by atoms with E-state index in [4.69, 9.17) is 14.2 Å². The maximum atomic E-state index is 13.4. The average Bonchev–Trinajstić information content (AvgIpc) is 3.52. The molecule has 0 saturated carbocycles. The van der Waals surface area contributed by atoms with Crippen LogP contribution in [0.25, 0.3) is 5.57 Å². The van der Waals surface area contributed by atoms with Gasteiger partial charge >= 0.3 is 0 Å². The Labute approximate surface area is 188 Å². The molecule has 3 heterocycles. The van der Waals surface area contributed by atoms with Gasteiger partial charge in [0.05, 0.1) is 24.9 Å². The zero-order chi connectivity index (χ0) is 22.2. The maximum absolute atomic E-state index is 13.4. The quantitative estimate of drug-likeness (QED) is 0.570. The monoisotopic (exact) mass is 448 g/mol. The summed E-state index contributed by atoms with van der Waals surface area (Å²) in [6.45, 7) is 2.24. The minimum atomic E-state index is -0.389. The van der Waals surface area contributed by atoms with Crippen molar-refractivity contribution in [3.8, 4) is 17.2 Å². The van der Waals surface area contributed by atoms with Gasteiger partial charge in [-0.2, -0.15) is 0 Å². The fourth-order valence-corrected chi connectivity index (χ4v) is 4.53. The van der Waals surface area contributed by atoms with Gasteiger partial charge in [-0.25, -0.2) is 0 Å². The van der Waals surface area contributed by atoms with E-state index < -0.39 is 0 Å². The van der Waals surface area contributed by atoms with Gasteiger partial charge in [0, 0.05) is 4.88 Å². The number of methoxy groups -OCH3 is 1. The SMILES string of the molecule is COc1ccc(C)cc1NC1=C(c2cccs2)C(=O)N(Cc2ccc3c(c2)OCO3)C1=O. The summed E-state index contributed by atoms with van der Waals surface area (Å²) >= 11 is 1.41. The van der Waals surface area contributed by atoms with Gasteiger partial charge in [-0.1, -0.05) is 18.2 Å². The molecule has 1 aromatic heterocycles. The summed E-state index contributed by atoms with van der Waals surface area (Å²) in [5.74, 6) is 1.11. The summed E-state index contributed by atoms with van der Waals surface area (Å²) in [5, 5.41) is 5.06. The van der Waals surface area contributed by atoms with Crippen molar-refractivity contribution in [3.05, 3.63) is 75.6 Å². The van der Waals surface area contributed by atoms with Gasteiger partial charge in [-0.3, -0.25) is 14.5 Å². The second-order valence-corrected chi connectivity index (χ2v) is 8.39. The summed E-state index contributed by atoms with van der Waals surface area (Å²) in [5.41, 5.74) is 3.00. The first-order valence-electron chi connectivity index (χ1n) is 9.99. The molecule has 2 amide bonds. The lowest BCUT2D eigenvalue weighted by atomic mass is 10.1. The fourth-order valence-electron chi connectivity index (χ4n) is 3.76. The molecule has 5 rings (SSSR count). The normalized spacial score (nSPS) is 15.0. The van der Waals surface area contributed by atoms with E-state index in [2.05, 4.69) is 5.32 Å². The van der Waals surface area contributed by atoms with Gasteiger partial charge in [0.25, 0.3) is 11.8 Å². The van der Waals surface area contributed by atoms with Crippen LogP contribution >= 0.6 is 11.3 Å². The molecule has 0 unspecified atom stereocenters. The largest absolute Gasteiger partial charge is 0.495 e. The number of fused-ring (bicyclic) bond motifs is 1. The van der Waals surface area contributed by atoms with Crippen molar-refractivity contribution >= 4 is 34.4 Å². The van der Waals surface area contributed by atoms with Crippen LogP contribution in [0.4, 0.5) is 5.69 Å². The number of amides is 2. The molecule has 8 heteroatoms. The minimum Gasteiger partial charge on any atom is -0.495 e. The molecule has 1 N–H and O–H groups in total. The van der Waals surface area contributed by atoms with Crippen LogP contribution in [-0.2, 0) is 16.1 Å². The molecule has 0 atom stereocenters. The Morgan fingerprint density at radius 3 is 2.69 bits per heavy atom. The highest BCUT2D eigenvalue weighted by Crippen LogP contribution is 2.37. The number of hydrogen-bond acceptors (Lipinski definition) is 7. The second kappa shape index (κ2) is 8.05. The number of hydrogen-bond donors (Lipinski definition) is 1. The van der Waals surface area contributed by atoms with Crippen molar-refractivity contribution in [1.29, 1.82) is 0 Å². The topological polar surface area (TPSA) is 77.1 Å². The number of nitrogens with zero attached hydrogens (tertiary/aromatic N) is 1. The van der Waals surface area contributed by atoms with Gasteiger partial charge in [0.15, 0.2) is 11.5 Å². The second-order valence-electron chi connectivity index (χ2n) is 7.44. The van der Waals surface area contributed by atoms with Crippen molar-refractivity contribution in [2.45, 2.75) is 13.5 Å². The summed E-state index contributed by atoms with van der Waals surface area (Å²) in [6.07, 6.45) is 0. The lowest BCUT2D eigenvalue weighted by molar-refractivity contribution is -0.137. The molecule has 0 bridgehead atoms. The Kier molecular flexibility index (Phi) is 5.07. The predicted octanol–water partition coefficient (Wildman–Crippen LogP) is 4.19. The number of aryl methyl sites for hydroxylation is 1. The highest BCUT2D eigenvalue weighted by atomic mass is 32.1. The van der Waals surface area contributed by atoms with Crippen molar-refractivity contribution in [3.63, 3.8) is 0 Å². The van der Waals surface area contributed by atoms with Crippen LogP contribution in [0.3, 0.4) is 0 Å². The lowest BCUT2D eigenvalue weighted by Crippen LogP contribution is -2.32. The van der Waals surface area contributed by atoms with Crippen LogP contribution < -0.4 is 19.5 Å². The lowest BCUT2D eigenvalue weighted by Gasteiger charge is -2.16. The zero-order valence-electron chi connectivity index (χ0n) is 17.5. The van der Waals surface area contributed by atoms with Crippen molar-refractivity contribution in [2.24, 2.45) is 0 Å². The van der Waals surface area contributed by atoms with E-state index in [1.165, 1.54) is 16.2 Å². The molecule has 2 aliphatic heterocycles. The minimum absolute atomic E-state index is 0.124. The average molecular weight is 449 g/mol. The van der Waals surface area contributed by atoms with E-state index in [-0.39, 0.29) is 30.8 Å². The van der Waals surface area contributed by atoms with Crippen LogP contribution in [0.2, 0.25) is 0 Å². The van der Waals surface area contributed by atoms with E-state index in [1.807, 2.05) is 48.7 Å². The number of ether oxygens (including phenoxy) is 3. The third-order valence-corrected chi connectivity index (χ3v) is 6.22. The molecule has 2 aromatic carbocycles. The maximum Gasteiger partial charge on any atom is 0.278 e. The van der Waals surface area contributed by atoms with Crippen LogP contribution in [0.5, 0.6) is 17.2 Å². The van der Waals surface area contributed by atoms with Crippen molar-refractivity contribution in [1.82, 2.24) is 4.90 Å². The van der Waals surface area contributed by atoms with Gasteiger partial charge in [-0.15, -0.1) is 11.3 Å². The van der Waals surface area contributed by atoms with E-state index in [0.717, 1.165) is 16.0 Å². The number of imide groups is 1. The number of thiophene rings is 1. The standard InChI is InChI=1S/C24H20N2O5S/c1-14-5-7-17(29-2)16(10-14)25-22-21(20-4-3-9-32-20)23(27)26(24(22)28)12-15-6-8-18-19(11-15)31-13-30-18/h3-11,25H,12-13H2,1-2H3. The Balaban J connectivity index is 1.51. The number of benzene rings is 2. The van der Waals surface area contributed by atoms with Gasteiger partial charge in [-0.05, 0) is 53.8 Å². The van der Waals surface area contributed by atoms with Crippen molar-refractivity contribution < 1.29 is 23.8 Å². The molecule has 0 spiro atoms. The number of rotatable bonds is 6. The Morgan fingerprint density at radius 1 is 1.06 bits per heavy atom. The van der Waals surface area contributed by atoms with Gasteiger partial charge < -0.3 is 19.5 Å². The van der Waals surface area contributed by atoms with E-state index in [1.54, 1.807) is 19.2 Å². The number of anilines is 1. The molecule has 32 heavy (non-hydrogen) atoms. The summed E-state index contributed by atoms with van der Waals surface area (Å²) < 4.78 is 16.2. The highest BCUT2D eigenvalue weighted by Gasteiger charge is 2.40. The third kappa shape index (κ3) is 3.48. The Morgan fingerprint density at radius 2 is 1.91 bits per heavy atom. The molecule has 0 saturated heterocycles. The van der Waals surface area contributed by atoms with E-state index >= 15 is 0 Å². The molecule has 0 fully saturated rings. The number of carbonyl (C=O) groups is 2. The first kappa shape index (κ1) is 20.1. The molecule has 0 radical (unpaired) electrons. The van der Waals surface area contributed by atoms with Crippen LogP contribution in [0.1, 0.15) is 16.0 Å². The molecule has 162 valence electrons. The number of nitrogens with one attached hydrogen (secondary N) is 1. The first-order chi connectivity index (χ1) is 15.5. The van der Waals surface area contributed by atoms with Gasteiger partial charge in [0.2, 0.25) is 6.79 Å². The van der Waals surface area contributed by atoms with Crippen LogP contribution in [0.15, 0.2) is 59.6 Å². The Bertz CT molecular complexity index is 1250. The summed E-state index contributed by atoms with van der Waals surface area (Å²) in [6, 6.07) is 14.7. The molecule has 2 aliphatic rings. The van der Waals surface area contributed by atoms with E-state index in [0.29, 0.717) is 28.5 Å². The van der Waals surface area contributed by atoms with Crippen molar-refractivity contribution in [2.75, 3.05) is 19.2 Å². The molecular weight excluding hydrogens is 428 g/mol. The van der Waals surface area contributed by atoms with Crippen LogP contribution in [0, 0.1) is 6.92 Å². The summed E-state index contributed by atoms with van der Waals surface area (Å²) in [4.78, 5) is 28.8. The number of carbonyl (C=O) groups excluding carboxylic acids is 2. The van der Waals surface area contributed by atoms with Crippen LogP contribution in [-0.4, -0.2) is 30.6 Å². The third-order valence-electron chi connectivity index (χ3n) is 5.33. The van der Waals surface area contributed by atoms with E-state index in [9.17, 15) is 9.59 Å². The first-order valence-corrected chi connectivity index (χ1v) is 10.9. The van der Waals surface area contributed by atoms with Gasteiger partial charge in [0.1, 0.15) is 11.4 Å². The molecule has 7 nitrogen and oxygen atoms in total. The summed E-state index contributed by atoms with van der Waals surface area (Å²) in [7, 11) is 1.57. The molecule has 0 aliphatic carbocycles. The molecule has 3 aromatic rings. The smallest absolute Gasteiger partial charge is 0.278 e. The Hall–Kier alpha value is -3.78. The zero-order valence-corrected chi connectivity index (χ0v) is 18.3. The predicted molar refractivity (Wildman–Crippen MR) is 121 cm³/mol. The fraction of sp³-hybridized carbons (Fsp3) is 0.167. The highest BCUT2D eigenvalue weighted by molar-refractivity contribution is 7.11.